The van der Waals surface area contributed by atoms with Gasteiger partial charge in [0.1, 0.15) is 11.6 Å². The number of pyridine rings is 1. The molecule has 0 unspecified atom stereocenters. The minimum Gasteiger partial charge on any atom is -0.497 e. The zero-order valence-electron chi connectivity index (χ0n) is 16.3. The first-order valence-electron chi connectivity index (χ1n) is 9.37. The summed E-state index contributed by atoms with van der Waals surface area (Å²) in [6.07, 6.45) is 3.18. The predicted octanol–water partition coefficient (Wildman–Crippen LogP) is 4.16. The number of halogens is 1. The molecule has 0 atom stereocenters. The third-order valence-corrected chi connectivity index (χ3v) is 5.15. The van der Waals surface area contributed by atoms with Gasteiger partial charge in [-0.25, -0.2) is 13.9 Å². The van der Waals surface area contributed by atoms with Crippen molar-refractivity contribution in [3.8, 4) is 22.6 Å². The highest BCUT2D eigenvalue weighted by molar-refractivity contribution is 5.86. The number of hydrogen-bond acceptors (Lipinski definition) is 4. The van der Waals surface area contributed by atoms with Crippen LogP contribution in [0.25, 0.3) is 33.4 Å². The molecule has 148 valence electrons. The molecule has 3 heterocycles. The predicted molar refractivity (Wildman–Crippen MR) is 113 cm³/mol. The molecular formula is C23H17FN4O2. The van der Waals surface area contributed by atoms with Gasteiger partial charge < -0.3 is 4.74 Å². The van der Waals surface area contributed by atoms with Crippen molar-refractivity contribution in [2.24, 2.45) is 0 Å². The van der Waals surface area contributed by atoms with Crippen LogP contribution >= 0.6 is 0 Å². The average Bonchev–Trinajstić information content (AvgIpc) is 3.10. The fourth-order valence-electron chi connectivity index (χ4n) is 3.70. The summed E-state index contributed by atoms with van der Waals surface area (Å²) in [5.41, 5.74) is 4.13. The molecule has 6 nitrogen and oxygen atoms in total. The van der Waals surface area contributed by atoms with E-state index in [1.165, 1.54) is 16.7 Å². The Balaban J connectivity index is 1.73. The highest BCUT2D eigenvalue weighted by Crippen LogP contribution is 2.30. The molecule has 0 aliphatic carbocycles. The molecule has 0 aliphatic heterocycles. The Morgan fingerprint density at radius 3 is 2.60 bits per heavy atom. The average molecular weight is 400 g/mol. The van der Waals surface area contributed by atoms with Crippen molar-refractivity contribution in [1.29, 1.82) is 0 Å². The summed E-state index contributed by atoms with van der Waals surface area (Å²) in [7, 11) is 1.62. The first-order valence-corrected chi connectivity index (χ1v) is 9.37. The Morgan fingerprint density at radius 1 is 1.07 bits per heavy atom. The zero-order chi connectivity index (χ0) is 20.8. The molecule has 0 N–H and O–H groups in total. The molecule has 30 heavy (non-hydrogen) atoms. The van der Waals surface area contributed by atoms with Crippen LogP contribution in [0.2, 0.25) is 0 Å². The van der Waals surface area contributed by atoms with Crippen molar-refractivity contribution in [1.82, 2.24) is 19.2 Å². The number of nitrogens with zero attached hydrogens (tertiary/aromatic N) is 4. The van der Waals surface area contributed by atoms with Crippen molar-refractivity contribution >= 4 is 16.6 Å². The molecule has 0 fully saturated rings. The molecular weight excluding hydrogens is 383 g/mol. The molecule has 5 aromatic rings. The lowest BCUT2D eigenvalue weighted by Crippen LogP contribution is -2.19. The van der Waals surface area contributed by atoms with Gasteiger partial charge in [-0.2, -0.15) is 5.10 Å². The number of ether oxygens (including phenoxy) is 1. The van der Waals surface area contributed by atoms with Gasteiger partial charge in [-0.15, -0.1) is 0 Å². The van der Waals surface area contributed by atoms with Crippen molar-refractivity contribution in [3.63, 3.8) is 0 Å². The third kappa shape index (κ3) is 2.75. The van der Waals surface area contributed by atoms with Gasteiger partial charge in [0.05, 0.1) is 29.4 Å². The second-order valence-corrected chi connectivity index (χ2v) is 6.95. The van der Waals surface area contributed by atoms with Gasteiger partial charge in [0.15, 0.2) is 5.65 Å². The molecule has 0 saturated heterocycles. The lowest BCUT2D eigenvalue weighted by molar-refractivity contribution is 0.415. The second-order valence-electron chi connectivity index (χ2n) is 6.95. The summed E-state index contributed by atoms with van der Waals surface area (Å²) in [5.74, 6) is 0.365. The molecule has 0 bridgehead atoms. The number of hydrogen-bond donors (Lipinski definition) is 0. The highest BCUT2D eigenvalue weighted by atomic mass is 19.1. The van der Waals surface area contributed by atoms with Crippen molar-refractivity contribution < 1.29 is 9.13 Å². The Bertz CT molecular complexity index is 1470. The number of fused-ring (bicyclic) bond motifs is 3. The van der Waals surface area contributed by atoms with Crippen LogP contribution in [0, 0.1) is 12.7 Å². The smallest absolute Gasteiger partial charge is 0.266 e. The van der Waals surface area contributed by atoms with Crippen molar-refractivity contribution in [2.45, 2.75) is 6.92 Å². The second kappa shape index (κ2) is 6.81. The standard InChI is InChI=1S/C23H17FN4O2/c1-14-21(15-6-8-18(30-2)9-7-15)22-25-13-19-20(28(22)26-14)10-11-27(23(19)29)17-5-3-4-16(24)12-17/h3-13H,1-2H3. The number of rotatable bonds is 3. The van der Waals surface area contributed by atoms with Crippen LogP contribution in [0.3, 0.4) is 0 Å². The molecule has 0 spiro atoms. The monoisotopic (exact) mass is 400 g/mol. The summed E-state index contributed by atoms with van der Waals surface area (Å²) in [5, 5.41) is 5.03. The molecule has 2 aromatic carbocycles. The number of methoxy groups -OCH3 is 1. The normalized spacial score (nSPS) is 11.3. The van der Waals surface area contributed by atoms with E-state index in [1.807, 2.05) is 31.2 Å². The molecule has 0 saturated carbocycles. The summed E-state index contributed by atoms with van der Waals surface area (Å²) >= 11 is 0. The van der Waals surface area contributed by atoms with Crippen LogP contribution in [0.5, 0.6) is 5.75 Å². The van der Waals surface area contributed by atoms with Gasteiger partial charge in [-0.05, 0) is 48.9 Å². The van der Waals surface area contributed by atoms with Crippen LogP contribution in [0.4, 0.5) is 4.39 Å². The lowest BCUT2D eigenvalue weighted by atomic mass is 10.1. The lowest BCUT2D eigenvalue weighted by Gasteiger charge is -2.08. The van der Waals surface area contributed by atoms with E-state index in [-0.39, 0.29) is 5.56 Å². The Hall–Kier alpha value is -4.00. The summed E-state index contributed by atoms with van der Waals surface area (Å²) in [4.78, 5) is 17.6. The number of aromatic nitrogens is 4. The fraction of sp³-hybridized carbons (Fsp3) is 0.0870. The van der Waals surface area contributed by atoms with Gasteiger partial charge in [0.2, 0.25) is 0 Å². The van der Waals surface area contributed by atoms with Crippen LogP contribution < -0.4 is 10.3 Å². The topological polar surface area (TPSA) is 61.4 Å². The first kappa shape index (κ1) is 18.1. The largest absolute Gasteiger partial charge is 0.497 e. The van der Waals surface area contributed by atoms with E-state index in [0.29, 0.717) is 22.2 Å². The van der Waals surface area contributed by atoms with E-state index >= 15 is 0 Å². The molecule has 0 aliphatic rings. The summed E-state index contributed by atoms with van der Waals surface area (Å²) in [6, 6.07) is 15.4. The minimum absolute atomic E-state index is 0.286. The van der Waals surface area contributed by atoms with E-state index in [0.717, 1.165) is 22.6 Å². The van der Waals surface area contributed by atoms with E-state index in [9.17, 15) is 9.18 Å². The fourth-order valence-corrected chi connectivity index (χ4v) is 3.70. The van der Waals surface area contributed by atoms with Crippen LogP contribution in [-0.2, 0) is 0 Å². The quantitative estimate of drug-likeness (QED) is 0.456. The summed E-state index contributed by atoms with van der Waals surface area (Å²) in [6.45, 7) is 1.91. The van der Waals surface area contributed by atoms with Crippen LogP contribution in [-0.4, -0.2) is 26.3 Å². The Labute approximate surface area is 170 Å². The van der Waals surface area contributed by atoms with E-state index in [1.54, 1.807) is 42.2 Å². The van der Waals surface area contributed by atoms with Crippen molar-refractivity contribution in [2.75, 3.05) is 7.11 Å². The zero-order valence-corrected chi connectivity index (χ0v) is 16.3. The molecule has 0 amide bonds. The van der Waals surface area contributed by atoms with Crippen LogP contribution in [0.1, 0.15) is 5.69 Å². The first-order chi connectivity index (χ1) is 14.6. The highest BCUT2D eigenvalue weighted by Gasteiger charge is 2.16. The molecule has 5 rings (SSSR count). The molecule has 3 aromatic heterocycles. The summed E-state index contributed by atoms with van der Waals surface area (Å²) < 4.78 is 21.9. The third-order valence-electron chi connectivity index (χ3n) is 5.15. The van der Waals surface area contributed by atoms with Gasteiger partial charge >= 0.3 is 0 Å². The van der Waals surface area contributed by atoms with E-state index < -0.39 is 5.82 Å². The maximum Gasteiger partial charge on any atom is 0.266 e. The molecule has 0 radical (unpaired) electrons. The Morgan fingerprint density at radius 2 is 1.87 bits per heavy atom. The maximum absolute atomic E-state index is 13.6. The maximum atomic E-state index is 13.6. The van der Waals surface area contributed by atoms with E-state index in [4.69, 9.17) is 4.74 Å². The number of aryl methyl sites for hydroxylation is 1. The SMILES string of the molecule is COc1ccc(-c2c(C)nn3c2ncc2c(=O)n(-c4cccc(F)c4)ccc23)cc1. The van der Waals surface area contributed by atoms with Gasteiger partial charge in [-0.3, -0.25) is 9.36 Å². The van der Waals surface area contributed by atoms with Gasteiger partial charge in [0, 0.05) is 18.0 Å². The Kier molecular flexibility index (Phi) is 4.10. The van der Waals surface area contributed by atoms with Gasteiger partial charge in [0.25, 0.3) is 5.56 Å². The van der Waals surface area contributed by atoms with Gasteiger partial charge in [-0.1, -0.05) is 18.2 Å². The number of benzene rings is 2. The van der Waals surface area contributed by atoms with E-state index in [2.05, 4.69) is 10.1 Å². The minimum atomic E-state index is -0.403. The van der Waals surface area contributed by atoms with Crippen LogP contribution in [0.15, 0.2) is 71.8 Å². The van der Waals surface area contributed by atoms with Crippen molar-refractivity contribution in [3.05, 3.63) is 88.9 Å². The molecule has 7 heteroatoms.